The first-order valence-electron chi connectivity index (χ1n) is 6.08. The van der Waals surface area contributed by atoms with Gasteiger partial charge in [-0.1, -0.05) is 30.3 Å². The van der Waals surface area contributed by atoms with Crippen LogP contribution in [0.25, 0.3) is 0 Å². The summed E-state index contributed by atoms with van der Waals surface area (Å²) in [7, 11) is -0.933. The van der Waals surface area contributed by atoms with Gasteiger partial charge in [0.25, 0.3) is 0 Å². The number of nitrogens with two attached hydrogens (primary N) is 1. The van der Waals surface area contributed by atoms with Crippen LogP contribution in [0.1, 0.15) is 18.4 Å². The first-order valence-corrected chi connectivity index (χ1v) is 7.57. The summed E-state index contributed by atoms with van der Waals surface area (Å²) in [4.78, 5) is 11.3. The average molecular weight is 268 g/mol. The van der Waals surface area contributed by atoms with Crippen LogP contribution in [-0.4, -0.2) is 29.0 Å². The number of hydrogen-bond donors (Lipinski definition) is 2. The molecule has 1 aromatic carbocycles. The van der Waals surface area contributed by atoms with Crippen LogP contribution in [0.15, 0.2) is 30.3 Å². The molecule has 100 valence electrons. The summed E-state index contributed by atoms with van der Waals surface area (Å²) in [5.41, 5.74) is 6.37. The van der Waals surface area contributed by atoms with E-state index in [1.807, 2.05) is 30.3 Å². The van der Waals surface area contributed by atoms with Crippen LogP contribution in [0.4, 0.5) is 0 Å². The normalized spacial score (nSPS) is 12.1. The van der Waals surface area contributed by atoms with E-state index >= 15 is 0 Å². The molecule has 1 atom stereocenters. The fourth-order valence-electron chi connectivity index (χ4n) is 1.49. The molecule has 0 radical (unpaired) electrons. The molecule has 0 heterocycles. The van der Waals surface area contributed by atoms with Gasteiger partial charge in [-0.3, -0.25) is 9.00 Å². The summed E-state index contributed by atoms with van der Waals surface area (Å²) in [6.45, 7) is 0.982. The van der Waals surface area contributed by atoms with Gasteiger partial charge in [0.1, 0.15) is 0 Å². The highest BCUT2D eigenvalue weighted by Gasteiger charge is 2.03. The van der Waals surface area contributed by atoms with Gasteiger partial charge in [-0.2, -0.15) is 0 Å². The molecule has 1 rings (SSSR count). The Labute approximate surface area is 110 Å². The fraction of sp³-hybridized carbons (Fsp3) is 0.462. The standard InChI is InChI=1S/C13H20N2O2S/c14-8-4-7-13(16)15-9-10-18(17)11-12-5-2-1-3-6-12/h1-3,5-6H,4,7-11,14H2,(H,15,16). The molecule has 3 N–H and O–H groups in total. The van der Waals surface area contributed by atoms with Crippen molar-refractivity contribution in [2.45, 2.75) is 18.6 Å². The lowest BCUT2D eigenvalue weighted by Gasteiger charge is -2.05. The van der Waals surface area contributed by atoms with Crippen LogP contribution in [-0.2, 0) is 21.3 Å². The third-order valence-electron chi connectivity index (χ3n) is 2.43. The number of rotatable bonds is 8. The number of benzene rings is 1. The van der Waals surface area contributed by atoms with Crippen molar-refractivity contribution in [3.05, 3.63) is 35.9 Å². The molecule has 18 heavy (non-hydrogen) atoms. The second-order valence-electron chi connectivity index (χ2n) is 4.02. The van der Waals surface area contributed by atoms with Crippen molar-refractivity contribution >= 4 is 16.7 Å². The Morgan fingerprint density at radius 2 is 2.00 bits per heavy atom. The summed E-state index contributed by atoms with van der Waals surface area (Å²) in [5.74, 6) is 1.01. The molecule has 1 amide bonds. The molecule has 0 saturated carbocycles. The Hall–Kier alpha value is -1.20. The molecule has 4 nitrogen and oxygen atoms in total. The number of hydrogen-bond acceptors (Lipinski definition) is 3. The average Bonchev–Trinajstić information content (AvgIpc) is 2.37. The van der Waals surface area contributed by atoms with Crippen LogP contribution in [0.3, 0.4) is 0 Å². The van der Waals surface area contributed by atoms with E-state index in [2.05, 4.69) is 5.32 Å². The van der Waals surface area contributed by atoms with Gasteiger partial charge in [-0.05, 0) is 18.5 Å². The van der Waals surface area contributed by atoms with E-state index in [9.17, 15) is 9.00 Å². The maximum absolute atomic E-state index is 11.7. The number of nitrogens with one attached hydrogen (secondary N) is 1. The topological polar surface area (TPSA) is 72.2 Å². The van der Waals surface area contributed by atoms with Gasteiger partial charge in [-0.25, -0.2) is 0 Å². The molecule has 0 aromatic heterocycles. The highest BCUT2D eigenvalue weighted by molar-refractivity contribution is 7.84. The molecule has 1 aromatic rings. The van der Waals surface area contributed by atoms with Crippen molar-refractivity contribution in [2.75, 3.05) is 18.8 Å². The van der Waals surface area contributed by atoms with E-state index in [0.717, 1.165) is 5.56 Å². The van der Waals surface area contributed by atoms with Crippen molar-refractivity contribution in [3.8, 4) is 0 Å². The van der Waals surface area contributed by atoms with Crippen LogP contribution in [0.5, 0.6) is 0 Å². The lowest BCUT2D eigenvalue weighted by molar-refractivity contribution is -0.121. The summed E-state index contributed by atoms with van der Waals surface area (Å²) in [6.07, 6.45) is 1.14. The van der Waals surface area contributed by atoms with Crippen LogP contribution >= 0.6 is 0 Å². The summed E-state index contributed by atoms with van der Waals surface area (Å²) in [6, 6.07) is 9.71. The molecule has 5 heteroatoms. The molecule has 0 bridgehead atoms. The zero-order valence-corrected chi connectivity index (χ0v) is 11.2. The number of amides is 1. The van der Waals surface area contributed by atoms with Gasteiger partial charge in [0, 0.05) is 35.3 Å². The lowest BCUT2D eigenvalue weighted by Crippen LogP contribution is -2.28. The Morgan fingerprint density at radius 1 is 1.28 bits per heavy atom. The summed E-state index contributed by atoms with van der Waals surface area (Å²) < 4.78 is 11.7. The van der Waals surface area contributed by atoms with Crippen molar-refractivity contribution in [2.24, 2.45) is 5.73 Å². The maximum atomic E-state index is 11.7. The van der Waals surface area contributed by atoms with Gasteiger partial charge in [0.05, 0.1) is 0 Å². The van der Waals surface area contributed by atoms with E-state index in [1.54, 1.807) is 0 Å². The fourth-order valence-corrected chi connectivity index (χ4v) is 2.53. The number of carbonyl (C=O) groups excluding carboxylic acids is 1. The van der Waals surface area contributed by atoms with Crippen LogP contribution in [0, 0.1) is 0 Å². The zero-order chi connectivity index (χ0) is 13.2. The molecular formula is C13H20N2O2S. The molecular weight excluding hydrogens is 248 g/mol. The Morgan fingerprint density at radius 3 is 2.67 bits per heavy atom. The molecule has 0 aliphatic heterocycles. The molecule has 0 saturated heterocycles. The zero-order valence-electron chi connectivity index (χ0n) is 10.4. The minimum Gasteiger partial charge on any atom is -0.355 e. The predicted molar refractivity (Wildman–Crippen MR) is 74.5 cm³/mol. The van der Waals surface area contributed by atoms with Crippen molar-refractivity contribution < 1.29 is 9.00 Å². The molecule has 0 fully saturated rings. The van der Waals surface area contributed by atoms with E-state index in [-0.39, 0.29) is 5.91 Å². The quantitative estimate of drug-likeness (QED) is 0.732. The Balaban J connectivity index is 2.16. The minimum absolute atomic E-state index is 0.0165. The first-order chi connectivity index (χ1) is 8.72. The van der Waals surface area contributed by atoms with Gasteiger partial charge in [0.15, 0.2) is 0 Å². The SMILES string of the molecule is NCCCC(=O)NCCS(=O)Cc1ccccc1. The molecule has 1 unspecified atom stereocenters. The third-order valence-corrected chi connectivity index (χ3v) is 3.75. The van der Waals surface area contributed by atoms with Crippen LogP contribution in [0.2, 0.25) is 0 Å². The smallest absolute Gasteiger partial charge is 0.220 e. The van der Waals surface area contributed by atoms with Gasteiger partial charge in [0.2, 0.25) is 5.91 Å². The Kier molecular flexibility index (Phi) is 7.29. The second kappa shape index (κ2) is 8.83. The highest BCUT2D eigenvalue weighted by Crippen LogP contribution is 2.02. The third kappa shape index (κ3) is 6.51. The predicted octanol–water partition coefficient (Wildman–Crippen LogP) is 0.790. The number of carbonyl (C=O) groups is 1. The lowest BCUT2D eigenvalue weighted by atomic mass is 10.2. The second-order valence-corrected chi connectivity index (χ2v) is 5.59. The monoisotopic (exact) mass is 268 g/mol. The van der Waals surface area contributed by atoms with Gasteiger partial charge >= 0.3 is 0 Å². The maximum Gasteiger partial charge on any atom is 0.220 e. The summed E-state index contributed by atoms with van der Waals surface area (Å²) in [5, 5.41) is 2.75. The molecule has 0 aliphatic carbocycles. The molecule has 0 aliphatic rings. The largest absolute Gasteiger partial charge is 0.355 e. The van der Waals surface area contributed by atoms with Crippen molar-refractivity contribution in [3.63, 3.8) is 0 Å². The highest BCUT2D eigenvalue weighted by atomic mass is 32.2. The van der Waals surface area contributed by atoms with Gasteiger partial charge in [-0.15, -0.1) is 0 Å². The molecule has 0 spiro atoms. The van der Waals surface area contributed by atoms with E-state index in [1.165, 1.54) is 0 Å². The van der Waals surface area contributed by atoms with Crippen molar-refractivity contribution in [1.82, 2.24) is 5.32 Å². The minimum atomic E-state index is -0.933. The van der Waals surface area contributed by atoms with E-state index < -0.39 is 10.8 Å². The summed E-state index contributed by atoms with van der Waals surface area (Å²) >= 11 is 0. The van der Waals surface area contributed by atoms with Crippen molar-refractivity contribution in [1.29, 1.82) is 0 Å². The van der Waals surface area contributed by atoms with Gasteiger partial charge < -0.3 is 11.1 Å². The van der Waals surface area contributed by atoms with E-state index in [0.29, 0.717) is 37.4 Å². The Bertz CT molecular complexity index is 382. The van der Waals surface area contributed by atoms with Crippen LogP contribution < -0.4 is 11.1 Å². The van der Waals surface area contributed by atoms with E-state index in [4.69, 9.17) is 5.73 Å². The first kappa shape index (κ1) is 14.9.